The van der Waals surface area contributed by atoms with Gasteiger partial charge in [-0.3, -0.25) is 19.9 Å². The van der Waals surface area contributed by atoms with E-state index in [1.54, 1.807) is 43.6 Å². The van der Waals surface area contributed by atoms with Crippen LogP contribution in [-0.4, -0.2) is 27.9 Å². The highest BCUT2D eigenvalue weighted by Crippen LogP contribution is 2.29. The van der Waals surface area contributed by atoms with Gasteiger partial charge in [-0.25, -0.2) is 4.79 Å². The predicted octanol–water partition coefficient (Wildman–Crippen LogP) is 5.01. The molecule has 2 aromatic carbocycles. The Kier molecular flexibility index (Phi) is 6.44. The first-order chi connectivity index (χ1) is 14.3. The van der Waals surface area contributed by atoms with Gasteiger partial charge in [-0.1, -0.05) is 29.8 Å². The molecule has 30 heavy (non-hydrogen) atoms. The molecule has 0 aliphatic carbocycles. The van der Waals surface area contributed by atoms with Gasteiger partial charge in [-0.05, 0) is 53.9 Å². The first-order valence-electron chi connectivity index (χ1n) is 8.97. The van der Waals surface area contributed by atoms with Crippen LogP contribution in [0.25, 0.3) is 11.1 Å². The maximum Gasteiger partial charge on any atom is 0.409 e. The van der Waals surface area contributed by atoms with Crippen LogP contribution in [0.4, 0.5) is 16.2 Å². The molecule has 1 aromatic heterocycles. The summed E-state index contributed by atoms with van der Waals surface area (Å²) < 4.78 is 0. The van der Waals surface area contributed by atoms with E-state index < -0.39 is 18.4 Å². The first-order valence-corrected chi connectivity index (χ1v) is 9.35. The largest absolute Gasteiger partial charge is 0.465 e. The Hall–Kier alpha value is -3.71. The monoisotopic (exact) mass is 423 g/mol. The van der Waals surface area contributed by atoms with Crippen LogP contribution < -0.4 is 10.6 Å². The second-order valence-corrected chi connectivity index (χ2v) is 6.95. The zero-order valence-electron chi connectivity index (χ0n) is 16.0. The quantitative estimate of drug-likeness (QED) is 0.381. The lowest BCUT2D eigenvalue weighted by Crippen LogP contribution is -2.18. The number of halogens is 1. The van der Waals surface area contributed by atoms with Crippen LogP contribution in [0.2, 0.25) is 5.02 Å². The predicted molar refractivity (Wildman–Crippen MR) is 115 cm³/mol. The van der Waals surface area contributed by atoms with Crippen LogP contribution in [0.5, 0.6) is 0 Å². The Morgan fingerprint density at radius 1 is 0.967 bits per heavy atom. The van der Waals surface area contributed by atoms with Crippen molar-refractivity contribution in [3.63, 3.8) is 0 Å². The number of ketones is 1. The molecule has 0 spiro atoms. The molecule has 3 N–H and O–H groups in total. The fraction of sp³-hybridized carbons (Fsp3) is 0.0909. The minimum absolute atomic E-state index is 0.124. The number of hydrogen-bond acceptors (Lipinski definition) is 4. The third-order valence-corrected chi connectivity index (χ3v) is 4.74. The standard InChI is InChI=1S/C22H18ClN3O4/c1-13-9-18(19(11-17(13)23)26-22(29)30)25-21(28)12-20(27)16-4-2-3-15(10-16)14-5-7-24-8-6-14/h2-11,26H,12H2,1H3,(H,25,28)(H,29,30). The molecule has 0 saturated carbocycles. The molecule has 0 aliphatic heterocycles. The fourth-order valence-corrected chi connectivity index (χ4v) is 3.03. The van der Waals surface area contributed by atoms with Crippen molar-refractivity contribution < 1.29 is 19.5 Å². The summed E-state index contributed by atoms with van der Waals surface area (Å²) in [6.07, 6.45) is 1.63. The van der Waals surface area contributed by atoms with Gasteiger partial charge in [0.05, 0.1) is 17.8 Å². The third-order valence-electron chi connectivity index (χ3n) is 4.33. The molecule has 1 heterocycles. The van der Waals surface area contributed by atoms with Gasteiger partial charge in [0, 0.05) is 23.0 Å². The second kappa shape index (κ2) is 9.19. The average Bonchev–Trinajstić information content (AvgIpc) is 2.72. The van der Waals surface area contributed by atoms with Gasteiger partial charge in [-0.2, -0.15) is 0 Å². The highest BCUT2D eigenvalue weighted by atomic mass is 35.5. The van der Waals surface area contributed by atoms with Crippen molar-refractivity contribution in [1.82, 2.24) is 4.98 Å². The Morgan fingerprint density at radius 3 is 2.37 bits per heavy atom. The van der Waals surface area contributed by atoms with E-state index in [1.165, 1.54) is 6.07 Å². The summed E-state index contributed by atoms with van der Waals surface area (Å²) >= 11 is 6.03. The molecular weight excluding hydrogens is 406 g/mol. The SMILES string of the molecule is Cc1cc(NC(=O)CC(=O)c2cccc(-c3ccncc3)c2)c(NC(=O)O)cc1Cl. The van der Waals surface area contributed by atoms with Crippen molar-refractivity contribution in [2.45, 2.75) is 13.3 Å². The number of pyridine rings is 1. The minimum Gasteiger partial charge on any atom is -0.465 e. The summed E-state index contributed by atoms with van der Waals surface area (Å²) in [5, 5.41) is 14.1. The number of anilines is 2. The fourth-order valence-electron chi connectivity index (χ4n) is 2.86. The van der Waals surface area contributed by atoms with Crippen molar-refractivity contribution in [2.75, 3.05) is 10.6 Å². The van der Waals surface area contributed by atoms with E-state index in [1.807, 2.05) is 18.2 Å². The molecule has 152 valence electrons. The number of aryl methyl sites for hydroxylation is 1. The summed E-state index contributed by atoms with van der Waals surface area (Å²) in [6.45, 7) is 1.72. The molecule has 2 amide bonds. The molecule has 0 bridgehead atoms. The summed E-state index contributed by atoms with van der Waals surface area (Å²) in [5.41, 5.74) is 3.14. The Balaban J connectivity index is 1.75. The molecule has 0 saturated heterocycles. The van der Waals surface area contributed by atoms with Gasteiger partial charge < -0.3 is 10.4 Å². The number of benzene rings is 2. The highest BCUT2D eigenvalue weighted by Gasteiger charge is 2.16. The molecule has 0 radical (unpaired) electrons. The van der Waals surface area contributed by atoms with Gasteiger partial charge >= 0.3 is 6.09 Å². The van der Waals surface area contributed by atoms with Crippen molar-refractivity contribution in [3.8, 4) is 11.1 Å². The zero-order chi connectivity index (χ0) is 21.7. The van der Waals surface area contributed by atoms with Gasteiger partial charge in [0.2, 0.25) is 5.91 Å². The summed E-state index contributed by atoms with van der Waals surface area (Å²) in [6, 6.07) is 13.6. The lowest BCUT2D eigenvalue weighted by Gasteiger charge is -2.13. The summed E-state index contributed by atoms with van der Waals surface area (Å²) in [7, 11) is 0. The van der Waals surface area contributed by atoms with Crippen molar-refractivity contribution in [2.24, 2.45) is 0 Å². The number of carbonyl (C=O) groups excluding carboxylic acids is 2. The van der Waals surface area contributed by atoms with E-state index in [0.717, 1.165) is 11.1 Å². The first kappa shape index (κ1) is 21.0. The number of nitrogens with zero attached hydrogens (tertiary/aromatic N) is 1. The molecule has 7 nitrogen and oxygen atoms in total. The number of aromatic nitrogens is 1. The maximum absolute atomic E-state index is 12.6. The molecule has 3 rings (SSSR count). The van der Waals surface area contributed by atoms with Crippen molar-refractivity contribution >= 4 is 40.8 Å². The molecule has 0 aliphatic rings. The van der Waals surface area contributed by atoms with Crippen LogP contribution in [0, 0.1) is 6.92 Å². The van der Waals surface area contributed by atoms with Crippen LogP contribution in [-0.2, 0) is 4.79 Å². The highest BCUT2D eigenvalue weighted by molar-refractivity contribution is 6.32. The molecule has 0 fully saturated rings. The lowest BCUT2D eigenvalue weighted by atomic mass is 10.0. The zero-order valence-corrected chi connectivity index (χ0v) is 16.7. The number of carboxylic acid groups (broad SMARTS) is 1. The van der Waals surface area contributed by atoms with E-state index in [0.29, 0.717) is 16.1 Å². The Morgan fingerprint density at radius 2 is 1.67 bits per heavy atom. The third kappa shape index (κ3) is 5.21. The Bertz CT molecular complexity index is 1120. The van der Waals surface area contributed by atoms with E-state index in [2.05, 4.69) is 15.6 Å². The molecule has 0 unspecified atom stereocenters. The Labute approximate surface area is 177 Å². The van der Waals surface area contributed by atoms with Crippen LogP contribution >= 0.6 is 11.6 Å². The van der Waals surface area contributed by atoms with E-state index in [4.69, 9.17) is 16.7 Å². The number of hydrogen-bond donors (Lipinski definition) is 3. The van der Waals surface area contributed by atoms with E-state index in [9.17, 15) is 14.4 Å². The van der Waals surface area contributed by atoms with Crippen molar-refractivity contribution in [1.29, 1.82) is 0 Å². The minimum atomic E-state index is -1.30. The summed E-state index contributed by atoms with van der Waals surface area (Å²) in [5.74, 6) is -0.925. The average molecular weight is 424 g/mol. The number of carbonyl (C=O) groups is 3. The molecule has 0 atom stereocenters. The van der Waals surface area contributed by atoms with Gasteiger partial charge in [0.25, 0.3) is 0 Å². The summed E-state index contributed by atoms with van der Waals surface area (Å²) in [4.78, 5) is 40.0. The number of Topliss-reactive ketones (excluding diaryl/α,β-unsaturated/α-hetero) is 1. The van der Waals surface area contributed by atoms with Gasteiger partial charge in [-0.15, -0.1) is 0 Å². The molecular formula is C22H18ClN3O4. The van der Waals surface area contributed by atoms with Crippen LogP contribution in [0.3, 0.4) is 0 Å². The topological polar surface area (TPSA) is 108 Å². The van der Waals surface area contributed by atoms with Crippen LogP contribution in [0.15, 0.2) is 60.9 Å². The van der Waals surface area contributed by atoms with Crippen LogP contribution in [0.1, 0.15) is 22.3 Å². The normalized spacial score (nSPS) is 10.3. The number of amides is 2. The van der Waals surface area contributed by atoms with Gasteiger partial charge in [0.1, 0.15) is 0 Å². The van der Waals surface area contributed by atoms with Gasteiger partial charge in [0.15, 0.2) is 5.78 Å². The maximum atomic E-state index is 12.6. The van der Waals surface area contributed by atoms with E-state index in [-0.39, 0.29) is 17.2 Å². The van der Waals surface area contributed by atoms with E-state index >= 15 is 0 Å². The second-order valence-electron chi connectivity index (χ2n) is 6.54. The van der Waals surface area contributed by atoms with Crippen molar-refractivity contribution in [3.05, 3.63) is 77.1 Å². The number of nitrogens with one attached hydrogen (secondary N) is 2. The smallest absolute Gasteiger partial charge is 0.409 e. The number of rotatable bonds is 6. The molecule has 3 aromatic rings. The lowest BCUT2D eigenvalue weighted by molar-refractivity contribution is -0.115. The molecule has 8 heteroatoms.